The van der Waals surface area contributed by atoms with Crippen LogP contribution in [0, 0.1) is 12.7 Å². The lowest BCUT2D eigenvalue weighted by atomic mass is 10.1. The van der Waals surface area contributed by atoms with E-state index in [0.717, 1.165) is 16.8 Å². The minimum atomic E-state index is -0.400. The van der Waals surface area contributed by atoms with Crippen molar-refractivity contribution in [2.24, 2.45) is 0 Å². The van der Waals surface area contributed by atoms with Crippen molar-refractivity contribution < 1.29 is 9.13 Å². The summed E-state index contributed by atoms with van der Waals surface area (Å²) in [5, 5.41) is 7.29. The zero-order valence-electron chi connectivity index (χ0n) is 13.1. The molecule has 0 amide bonds. The molecule has 122 valence electrons. The van der Waals surface area contributed by atoms with Crippen molar-refractivity contribution in [3.8, 4) is 5.75 Å². The molecule has 0 heterocycles. The molecule has 0 spiro atoms. The van der Waals surface area contributed by atoms with E-state index >= 15 is 0 Å². The Kier molecular flexibility index (Phi) is 5.80. The first-order valence-electron chi connectivity index (χ1n) is 7.08. The zero-order valence-corrected chi connectivity index (χ0v) is 14.7. The van der Waals surface area contributed by atoms with Gasteiger partial charge in [-0.1, -0.05) is 23.7 Å². The van der Waals surface area contributed by atoms with Crippen LogP contribution in [0.15, 0.2) is 36.4 Å². The molecule has 0 aliphatic carbocycles. The summed E-state index contributed by atoms with van der Waals surface area (Å²) in [7, 11) is 1.44. The van der Waals surface area contributed by atoms with E-state index in [9.17, 15) is 4.39 Å². The minimum Gasteiger partial charge on any atom is -0.494 e. The number of anilines is 1. The van der Waals surface area contributed by atoms with Crippen LogP contribution in [0.25, 0.3) is 0 Å². The fourth-order valence-electron chi connectivity index (χ4n) is 2.07. The molecule has 0 bridgehead atoms. The van der Waals surface area contributed by atoms with Gasteiger partial charge in [-0.25, -0.2) is 4.39 Å². The van der Waals surface area contributed by atoms with Crippen molar-refractivity contribution in [3.05, 3.63) is 58.4 Å². The molecule has 2 aromatic rings. The van der Waals surface area contributed by atoms with Crippen LogP contribution in [-0.4, -0.2) is 12.2 Å². The summed E-state index contributed by atoms with van der Waals surface area (Å²) >= 11 is 11.4. The first kappa shape index (κ1) is 17.5. The van der Waals surface area contributed by atoms with Crippen LogP contribution in [0.5, 0.6) is 5.75 Å². The minimum absolute atomic E-state index is 0.156. The fraction of sp³-hybridized carbons (Fsp3) is 0.235. The smallest absolute Gasteiger partial charge is 0.171 e. The summed E-state index contributed by atoms with van der Waals surface area (Å²) in [6.07, 6.45) is 0. The maximum absolute atomic E-state index is 13.8. The first-order chi connectivity index (χ1) is 10.9. The molecule has 0 saturated heterocycles. The number of methoxy groups -OCH3 is 1. The molecule has 0 unspecified atom stereocenters. The van der Waals surface area contributed by atoms with Gasteiger partial charge in [0.1, 0.15) is 0 Å². The third kappa shape index (κ3) is 4.56. The average Bonchev–Trinajstić information content (AvgIpc) is 2.50. The Bertz CT molecular complexity index is 724. The molecule has 2 rings (SSSR count). The second-order valence-electron chi connectivity index (χ2n) is 5.18. The SMILES string of the molecule is COc1ccc([C@@H](C)NC(=S)Nc2ccc(C)c(Cl)c2)cc1F. The maximum Gasteiger partial charge on any atom is 0.171 e. The van der Waals surface area contributed by atoms with Gasteiger partial charge in [-0.3, -0.25) is 0 Å². The third-order valence-electron chi connectivity index (χ3n) is 3.45. The van der Waals surface area contributed by atoms with Gasteiger partial charge < -0.3 is 15.4 Å². The Balaban J connectivity index is 2.01. The van der Waals surface area contributed by atoms with Crippen LogP contribution in [0.1, 0.15) is 24.1 Å². The summed E-state index contributed by atoms with van der Waals surface area (Å²) in [5.41, 5.74) is 2.57. The second kappa shape index (κ2) is 7.62. The molecule has 0 aliphatic rings. The Morgan fingerprint density at radius 1 is 1.26 bits per heavy atom. The molecule has 2 aromatic carbocycles. The van der Waals surface area contributed by atoms with Crippen LogP contribution in [0.2, 0.25) is 5.02 Å². The Morgan fingerprint density at radius 2 is 2.00 bits per heavy atom. The molecular weight excluding hydrogens is 335 g/mol. The lowest BCUT2D eigenvalue weighted by molar-refractivity contribution is 0.386. The van der Waals surface area contributed by atoms with Crippen molar-refractivity contribution in [3.63, 3.8) is 0 Å². The number of hydrogen-bond acceptors (Lipinski definition) is 2. The van der Waals surface area contributed by atoms with Crippen LogP contribution in [0.4, 0.5) is 10.1 Å². The summed E-state index contributed by atoms with van der Waals surface area (Å²) < 4.78 is 18.7. The summed E-state index contributed by atoms with van der Waals surface area (Å²) in [6, 6.07) is 10.3. The van der Waals surface area contributed by atoms with Crippen molar-refractivity contribution in [2.45, 2.75) is 19.9 Å². The Hall–Kier alpha value is -1.85. The average molecular weight is 353 g/mol. The van der Waals surface area contributed by atoms with E-state index in [2.05, 4.69) is 10.6 Å². The summed E-state index contributed by atoms with van der Waals surface area (Å²) in [4.78, 5) is 0. The van der Waals surface area contributed by atoms with Crippen molar-refractivity contribution in [1.82, 2.24) is 5.32 Å². The monoisotopic (exact) mass is 352 g/mol. The van der Waals surface area contributed by atoms with Crippen molar-refractivity contribution >= 4 is 34.6 Å². The number of aryl methyl sites for hydroxylation is 1. The molecule has 0 saturated carbocycles. The molecule has 1 atom stereocenters. The molecule has 6 heteroatoms. The molecule has 0 fully saturated rings. The van der Waals surface area contributed by atoms with Crippen LogP contribution in [-0.2, 0) is 0 Å². The highest BCUT2D eigenvalue weighted by molar-refractivity contribution is 7.80. The van der Waals surface area contributed by atoms with Crippen molar-refractivity contribution in [1.29, 1.82) is 0 Å². The van der Waals surface area contributed by atoms with Gasteiger partial charge in [-0.05, 0) is 61.5 Å². The largest absolute Gasteiger partial charge is 0.494 e. The lowest BCUT2D eigenvalue weighted by Gasteiger charge is -2.18. The number of nitrogens with one attached hydrogen (secondary N) is 2. The summed E-state index contributed by atoms with van der Waals surface area (Å²) in [5.74, 6) is -0.182. The highest BCUT2D eigenvalue weighted by atomic mass is 35.5. The van der Waals surface area contributed by atoms with Gasteiger partial charge in [0.15, 0.2) is 16.7 Å². The number of ether oxygens (including phenoxy) is 1. The standard InChI is InChI=1S/C17H18ClFN2OS/c1-10-4-6-13(9-14(10)18)21-17(23)20-11(2)12-5-7-16(22-3)15(19)8-12/h4-9,11H,1-3H3,(H2,20,21,23)/t11-/m1/s1. The number of thiocarbonyl (C=S) groups is 1. The number of benzene rings is 2. The quantitative estimate of drug-likeness (QED) is 0.771. The van der Waals surface area contributed by atoms with Gasteiger partial charge in [0.2, 0.25) is 0 Å². The van der Waals surface area contributed by atoms with Crippen LogP contribution in [0.3, 0.4) is 0 Å². The van der Waals surface area contributed by atoms with Gasteiger partial charge in [0, 0.05) is 10.7 Å². The zero-order chi connectivity index (χ0) is 17.0. The van der Waals surface area contributed by atoms with E-state index in [0.29, 0.717) is 10.1 Å². The topological polar surface area (TPSA) is 33.3 Å². The van der Waals surface area contributed by atoms with E-state index in [4.69, 9.17) is 28.6 Å². The number of halogens is 2. The second-order valence-corrected chi connectivity index (χ2v) is 5.99. The van der Waals surface area contributed by atoms with Gasteiger partial charge in [0.05, 0.1) is 13.2 Å². The normalized spacial score (nSPS) is 11.7. The van der Waals surface area contributed by atoms with E-state index in [-0.39, 0.29) is 11.8 Å². The number of rotatable bonds is 4. The fourth-order valence-corrected chi connectivity index (χ4v) is 2.54. The number of hydrogen-bond donors (Lipinski definition) is 2. The third-order valence-corrected chi connectivity index (χ3v) is 4.08. The molecule has 0 aromatic heterocycles. The van der Waals surface area contributed by atoms with E-state index in [1.807, 2.05) is 32.0 Å². The van der Waals surface area contributed by atoms with Gasteiger partial charge in [-0.2, -0.15) is 0 Å². The van der Waals surface area contributed by atoms with Gasteiger partial charge in [-0.15, -0.1) is 0 Å². The molecule has 3 nitrogen and oxygen atoms in total. The van der Waals surface area contributed by atoms with Gasteiger partial charge in [0.25, 0.3) is 0 Å². The van der Waals surface area contributed by atoms with Gasteiger partial charge >= 0.3 is 0 Å². The highest BCUT2D eigenvalue weighted by Gasteiger charge is 2.11. The Labute approximate surface area is 145 Å². The predicted molar refractivity (Wildman–Crippen MR) is 96.9 cm³/mol. The first-order valence-corrected chi connectivity index (χ1v) is 7.86. The van der Waals surface area contributed by atoms with E-state index in [1.54, 1.807) is 12.1 Å². The molecule has 0 aliphatic heterocycles. The Morgan fingerprint density at radius 3 is 2.61 bits per heavy atom. The summed E-state index contributed by atoms with van der Waals surface area (Å²) in [6.45, 7) is 3.83. The van der Waals surface area contributed by atoms with E-state index < -0.39 is 5.82 Å². The highest BCUT2D eigenvalue weighted by Crippen LogP contribution is 2.22. The lowest BCUT2D eigenvalue weighted by Crippen LogP contribution is -2.30. The maximum atomic E-state index is 13.8. The van der Waals surface area contributed by atoms with Crippen LogP contribution < -0.4 is 15.4 Å². The molecule has 0 radical (unpaired) electrons. The molecular formula is C17H18ClFN2OS. The predicted octanol–water partition coefficient (Wildman–Crippen LogP) is 4.84. The van der Waals surface area contributed by atoms with Crippen molar-refractivity contribution in [2.75, 3.05) is 12.4 Å². The molecule has 23 heavy (non-hydrogen) atoms. The van der Waals surface area contributed by atoms with E-state index in [1.165, 1.54) is 13.2 Å². The van der Waals surface area contributed by atoms with Crippen LogP contribution >= 0.6 is 23.8 Å². The molecule has 2 N–H and O–H groups in total.